The monoisotopic (exact) mass is 308 g/mol. The van der Waals surface area contributed by atoms with E-state index in [0.717, 1.165) is 29.4 Å². The fourth-order valence-corrected chi connectivity index (χ4v) is 3.05. The van der Waals surface area contributed by atoms with Crippen LogP contribution >= 0.6 is 0 Å². The summed E-state index contributed by atoms with van der Waals surface area (Å²) in [5.74, 6) is 0.302. The van der Waals surface area contributed by atoms with Crippen LogP contribution in [0.3, 0.4) is 0 Å². The van der Waals surface area contributed by atoms with Crippen molar-refractivity contribution in [2.75, 3.05) is 0 Å². The third kappa shape index (κ3) is 2.42. The molecule has 0 saturated heterocycles. The van der Waals surface area contributed by atoms with Gasteiger partial charge in [-0.05, 0) is 49.8 Å². The molecule has 0 saturated carbocycles. The van der Waals surface area contributed by atoms with Crippen LogP contribution in [-0.4, -0.2) is 5.11 Å². The second kappa shape index (κ2) is 5.58. The molecule has 3 rings (SSSR count). The summed E-state index contributed by atoms with van der Waals surface area (Å²) in [4.78, 5) is 12.2. The van der Waals surface area contributed by atoms with Crippen LogP contribution in [0, 0.1) is 6.92 Å². The second-order valence-electron chi connectivity index (χ2n) is 6.24. The largest absolute Gasteiger partial charge is 0.504 e. The molecule has 23 heavy (non-hydrogen) atoms. The highest BCUT2D eigenvalue weighted by atomic mass is 16.3. The summed E-state index contributed by atoms with van der Waals surface area (Å²) in [5, 5.41) is 12.4. The molecule has 118 valence electrons. The quantitative estimate of drug-likeness (QED) is 0.746. The van der Waals surface area contributed by atoms with Gasteiger partial charge < -0.3 is 9.52 Å². The minimum atomic E-state index is -0.393. The first-order valence-electron chi connectivity index (χ1n) is 7.72. The lowest BCUT2D eigenvalue weighted by atomic mass is 9.91. The lowest BCUT2D eigenvalue weighted by Gasteiger charge is -2.16. The number of aryl methyl sites for hydroxylation is 1. The molecule has 3 nitrogen and oxygen atoms in total. The molecule has 1 aliphatic heterocycles. The molecule has 0 amide bonds. The van der Waals surface area contributed by atoms with Crippen molar-refractivity contribution in [3.63, 3.8) is 0 Å². The molecule has 0 fully saturated rings. The lowest BCUT2D eigenvalue weighted by Crippen LogP contribution is -2.14. The number of phenols is 1. The van der Waals surface area contributed by atoms with E-state index in [4.69, 9.17) is 4.42 Å². The molecule has 1 aromatic carbocycles. The fourth-order valence-electron chi connectivity index (χ4n) is 3.05. The van der Waals surface area contributed by atoms with Crippen molar-refractivity contribution < 1.29 is 9.52 Å². The van der Waals surface area contributed by atoms with Crippen molar-refractivity contribution in [3.8, 4) is 17.1 Å². The minimum Gasteiger partial charge on any atom is -0.504 e. The third-order valence-electron chi connectivity index (χ3n) is 4.28. The van der Waals surface area contributed by atoms with E-state index in [-0.39, 0.29) is 5.75 Å². The smallest absolute Gasteiger partial charge is 0.227 e. The number of phenolic OH excluding ortho intramolecular Hbond substituents is 1. The summed E-state index contributed by atoms with van der Waals surface area (Å²) in [6.45, 7) is 9.78. The molecule has 1 N–H and O–H groups in total. The Balaban J connectivity index is 2.33. The van der Waals surface area contributed by atoms with E-state index in [2.05, 4.69) is 26.5 Å². The van der Waals surface area contributed by atoms with Gasteiger partial charge >= 0.3 is 0 Å². The van der Waals surface area contributed by atoms with Gasteiger partial charge in [-0.25, -0.2) is 0 Å². The van der Waals surface area contributed by atoms with Crippen molar-refractivity contribution in [2.24, 2.45) is 0 Å². The molecule has 1 aliphatic carbocycles. The maximum atomic E-state index is 12.2. The average molecular weight is 308 g/mol. The first-order chi connectivity index (χ1) is 10.9. The number of rotatable bonds is 3. The highest BCUT2D eigenvalue weighted by Crippen LogP contribution is 2.37. The first kappa shape index (κ1) is 15.3. The van der Waals surface area contributed by atoms with Crippen LogP contribution in [0.25, 0.3) is 28.7 Å². The van der Waals surface area contributed by atoms with Crippen LogP contribution in [0.5, 0.6) is 5.75 Å². The van der Waals surface area contributed by atoms with E-state index in [1.54, 1.807) is 13.2 Å². The zero-order valence-electron chi connectivity index (χ0n) is 13.7. The Morgan fingerprint density at radius 1 is 1.35 bits per heavy atom. The average Bonchev–Trinajstić information content (AvgIpc) is 2.51. The van der Waals surface area contributed by atoms with E-state index in [1.165, 1.54) is 5.57 Å². The molecule has 1 heterocycles. The Hall–Kier alpha value is -2.55. The summed E-state index contributed by atoms with van der Waals surface area (Å²) in [6, 6.07) is 3.84. The number of aromatic hydroxyl groups is 1. The molecule has 0 bridgehead atoms. The second-order valence-corrected chi connectivity index (χ2v) is 6.24. The van der Waals surface area contributed by atoms with Crippen LogP contribution in [0.15, 0.2) is 39.3 Å². The standard InChI is InChI=1S/C20H20O3/c1-11(2)6-5-7-14-10-23-20-13(4)18(21)19(22)16-12(3)8-9-15(14)17(16)20/h6,8-10,22H,3,5,7H2,1-2,4H3. The molecule has 0 spiro atoms. The van der Waals surface area contributed by atoms with Gasteiger partial charge in [0.15, 0.2) is 5.75 Å². The Morgan fingerprint density at radius 2 is 2.09 bits per heavy atom. The number of hydrogen-bond acceptors (Lipinski definition) is 3. The predicted octanol–water partition coefficient (Wildman–Crippen LogP) is 3.94. The van der Waals surface area contributed by atoms with Crippen LogP contribution in [-0.2, 0) is 6.42 Å². The van der Waals surface area contributed by atoms with E-state index >= 15 is 0 Å². The summed E-state index contributed by atoms with van der Waals surface area (Å²) >= 11 is 0. The Labute approximate surface area is 134 Å². The van der Waals surface area contributed by atoms with Gasteiger partial charge in [-0.1, -0.05) is 30.4 Å². The first-order valence-corrected chi connectivity index (χ1v) is 7.72. The minimum absolute atomic E-state index is 0.234. The number of hydrogen-bond donors (Lipinski definition) is 1. The van der Waals surface area contributed by atoms with Crippen LogP contribution in [0.4, 0.5) is 0 Å². The maximum absolute atomic E-state index is 12.2. The number of benzene rings is 2. The number of allylic oxidation sites excluding steroid dienone is 2. The van der Waals surface area contributed by atoms with Gasteiger partial charge in [0, 0.05) is 16.5 Å². The lowest BCUT2D eigenvalue weighted by molar-refractivity contribution is 0.473. The van der Waals surface area contributed by atoms with E-state index in [9.17, 15) is 9.90 Å². The fraction of sp³-hybridized carbons (Fsp3) is 0.250. The zero-order valence-corrected chi connectivity index (χ0v) is 13.7. The van der Waals surface area contributed by atoms with Gasteiger partial charge in [0.2, 0.25) is 5.43 Å². The van der Waals surface area contributed by atoms with Crippen molar-refractivity contribution in [2.45, 2.75) is 33.6 Å². The van der Waals surface area contributed by atoms with Crippen molar-refractivity contribution >= 4 is 17.4 Å². The van der Waals surface area contributed by atoms with E-state index in [0.29, 0.717) is 21.9 Å². The summed E-state index contributed by atoms with van der Waals surface area (Å²) in [5.41, 5.74) is 3.18. The molecule has 0 radical (unpaired) electrons. The highest BCUT2D eigenvalue weighted by molar-refractivity contribution is 6.00. The van der Waals surface area contributed by atoms with Gasteiger partial charge in [-0.15, -0.1) is 0 Å². The van der Waals surface area contributed by atoms with Gasteiger partial charge in [0.05, 0.1) is 6.26 Å². The summed E-state index contributed by atoms with van der Waals surface area (Å²) in [7, 11) is 0. The molecular weight excluding hydrogens is 288 g/mol. The predicted molar refractivity (Wildman–Crippen MR) is 94.0 cm³/mol. The Kier molecular flexibility index (Phi) is 3.72. The van der Waals surface area contributed by atoms with Gasteiger partial charge in [-0.3, -0.25) is 4.79 Å². The highest BCUT2D eigenvalue weighted by Gasteiger charge is 2.23. The zero-order chi connectivity index (χ0) is 16.7. The van der Waals surface area contributed by atoms with Crippen molar-refractivity contribution in [1.29, 1.82) is 0 Å². The van der Waals surface area contributed by atoms with Crippen LogP contribution < -0.4 is 10.6 Å². The molecule has 3 heteroatoms. The Bertz CT molecular complexity index is 988. The normalized spacial score (nSPS) is 11.3. The van der Waals surface area contributed by atoms with Crippen LogP contribution in [0.2, 0.25) is 0 Å². The topological polar surface area (TPSA) is 50.4 Å². The van der Waals surface area contributed by atoms with E-state index < -0.39 is 5.43 Å². The SMILES string of the molecule is C=c1ccc2c(CCC=C(C)C)coc3c(C)c(=O)c(O)c1c2-3. The van der Waals surface area contributed by atoms with Crippen molar-refractivity contribution in [3.05, 3.63) is 56.6 Å². The summed E-state index contributed by atoms with van der Waals surface area (Å²) in [6.07, 6.45) is 5.68. The third-order valence-corrected chi connectivity index (χ3v) is 4.28. The van der Waals surface area contributed by atoms with E-state index in [1.807, 2.05) is 12.1 Å². The van der Waals surface area contributed by atoms with Gasteiger partial charge in [-0.2, -0.15) is 0 Å². The Morgan fingerprint density at radius 3 is 2.78 bits per heavy atom. The van der Waals surface area contributed by atoms with Gasteiger partial charge in [0.1, 0.15) is 5.76 Å². The summed E-state index contributed by atoms with van der Waals surface area (Å²) < 4.78 is 5.77. The molecule has 0 atom stereocenters. The molecular formula is C20H20O3. The van der Waals surface area contributed by atoms with Crippen LogP contribution in [0.1, 0.15) is 31.4 Å². The molecule has 0 unspecified atom stereocenters. The van der Waals surface area contributed by atoms with Gasteiger partial charge in [0.25, 0.3) is 0 Å². The van der Waals surface area contributed by atoms with Crippen molar-refractivity contribution in [1.82, 2.24) is 0 Å². The maximum Gasteiger partial charge on any atom is 0.227 e. The molecule has 0 aromatic heterocycles. The molecule has 2 aliphatic rings. The molecule has 1 aromatic rings.